The zero-order chi connectivity index (χ0) is 13.3. The lowest BCUT2D eigenvalue weighted by Crippen LogP contribution is -2.04. The maximum atomic E-state index is 11.4. The van der Waals surface area contributed by atoms with Crippen LogP contribution in [-0.2, 0) is 18.7 Å². The Morgan fingerprint density at radius 1 is 1.35 bits per heavy atom. The third kappa shape index (κ3) is 3.90. The first kappa shape index (κ1) is 13.8. The van der Waals surface area contributed by atoms with Crippen LogP contribution in [0.1, 0.15) is 0 Å². The smallest absolute Gasteiger partial charge is 0.324 e. The molecule has 1 rings (SSSR count). The van der Waals surface area contributed by atoms with Crippen molar-refractivity contribution in [2.75, 3.05) is 6.66 Å². The molecule has 0 heterocycles. The van der Waals surface area contributed by atoms with E-state index in [1.165, 1.54) is 0 Å². The molecule has 1 unspecified atom stereocenters. The molecule has 0 aliphatic heterocycles. The Morgan fingerprint density at radius 2 is 1.82 bits per heavy atom. The third-order valence-corrected chi connectivity index (χ3v) is 4.31. The number of nitro groups is 1. The van der Waals surface area contributed by atoms with Gasteiger partial charge in [0.05, 0.1) is 9.82 Å². The highest BCUT2D eigenvalue weighted by atomic mass is 32.2. The van der Waals surface area contributed by atoms with Gasteiger partial charge >= 0.3 is 17.7 Å². The zero-order valence-electron chi connectivity index (χ0n) is 8.51. The summed E-state index contributed by atoms with van der Waals surface area (Å²) in [4.78, 5) is 18.0. The van der Waals surface area contributed by atoms with Gasteiger partial charge in [0.15, 0.2) is 0 Å². The van der Waals surface area contributed by atoms with Crippen LogP contribution in [0.15, 0.2) is 29.2 Å². The highest BCUT2D eigenvalue weighted by molar-refractivity contribution is 7.91. The number of hydrogen-bond acceptors (Lipinski definition) is 6. The minimum Gasteiger partial charge on any atom is -0.324 e. The summed E-state index contributed by atoms with van der Waals surface area (Å²) < 4.78 is 37.7. The molecule has 0 fully saturated rings. The van der Waals surface area contributed by atoms with E-state index in [1.54, 1.807) is 0 Å². The van der Waals surface area contributed by atoms with Crippen molar-refractivity contribution in [1.82, 2.24) is 0 Å². The Balaban J connectivity index is 3.09. The fourth-order valence-electron chi connectivity index (χ4n) is 0.960. The van der Waals surface area contributed by atoms with Gasteiger partial charge in [0, 0.05) is 18.8 Å². The van der Waals surface area contributed by atoms with E-state index in [-0.39, 0.29) is 5.69 Å². The van der Waals surface area contributed by atoms with E-state index in [0.29, 0.717) is 0 Å². The van der Waals surface area contributed by atoms with E-state index in [9.17, 15) is 23.1 Å². The van der Waals surface area contributed by atoms with Gasteiger partial charge in [-0.15, -0.1) is 0 Å². The van der Waals surface area contributed by atoms with Gasteiger partial charge in [-0.05, 0) is 12.1 Å². The molecule has 0 aromatic heterocycles. The Kier molecular flexibility index (Phi) is 3.68. The summed E-state index contributed by atoms with van der Waals surface area (Å²) in [6, 6.07) is 3.74. The van der Waals surface area contributed by atoms with Crippen molar-refractivity contribution in [1.29, 1.82) is 0 Å². The van der Waals surface area contributed by atoms with Crippen LogP contribution in [0.5, 0.6) is 0 Å². The summed E-state index contributed by atoms with van der Waals surface area (Å²) in [5.74, 6) is 0. The number of rotatable bonds is 4. The van der Waals surface area contributed by atoms with Gasteiger partial charge in [-0.3, -0.25) is 14.7 Å². The molecule has 1 atom stereocenters. The molecule has 0 aliphatic rings. The van der Waals surface area contributed by atoms with E-state index in [1.807, 2.05) is 0 Å². The van der Waals surface area contributed by atoms with Crippen LogP contribution in [0.3, 0.4) is 0 Å². The topological polar surface area (TPSA) is 124 Å². The second-order valence-corrected chi connectivity index (χ2v) is 6.66. The zero-order valence-corrected chi connectivity index (χ0v) is 10.2. The summed E-state index contributed by atoms with van der Waals surface area (Å²) in [7, 11) is -8.60. The van der Waals surface area contributed by atoms with E-state index >= 15 is 0 Å². The summed E-state index contributed by atoms with van der Waals surface area (Å²) in [5.41, 5.74) is -0.298. The highest BCUT2D eigenvalue weighted by Crippen LogP contribution is 2.40. The van der Waals surface area contributed by atoms with Gasteiger partial charge < -0.3 is 4.89 Å². The summed E-state index contributed by atoms with van der Waals surface area (Å²) >= 11 is 0. The maximum Gasteiger partial charge on any atom is 0.339 e. The van der Waals surface area contributed by atoms with Crippen molar-refractivity contribution in [2.45, 2.75) is 4.90 Å². The molecule has 0 spiro atoms. The third-order valence-electron chi connectivity index (χ3n) is 1.57. The van der Waals surface area contributed by atoms with Crippen molar-refractivity contribution in [3.05, 3.63) is 34.4 Å². The molecule has 1 aromatic rings. The predicted octanol–water partition coefficient (Wildman–Crippen LogP) is 1.12. The lowest BCUT2D eigenvalue weighted by Gasteiger charge is -2.06. The molecule has 8 nitrogen and oxygen atoms in total. The quantitative estimate of drug-likeness (QED) is 0.498. The molecule has 0 saturated heterocycles. The molecular weight excluding hydrogens is 273 g/mol. The minimum atomic E-state index is -4.40. The van der Waals surface area contributed by atoms with Gasteiger partial charge in [-0.1, -0.05) is 0 Å². The second kappa shape index (κ2) is 4.53. The first-order valence-corrected chi connectivity index (χ1v) is 7.56. The Hall–Kier alpha value is -1.28. The Bertz CT molecular complexity index is 573. The first-order chi connectivity index (χ1) is 7.62. The van der Waals surface area contributed by atoms with Crippen molar-refractivity contribution < 1.29 is 26.8 Å². The molecular formula is C7H8NO7PS. The van der Waals surface area contributed by atoms with Gasteiger partial charge in [-0.25, -0.2) is 0 Å². The maximum absolute atomic E-state index is 11.4. The monoisotopic (exact) mass is 281 g/mol. The number of nitro benzene ring substituents is 1. The van der Waals surface area contributed by atoms with Crippen LogP contribution in [0.2, 0.25) is 0 Å². The Labute approximate surface area is 96.7 Å². The number of benzene rings is 1. The first-order valence-electron chi connectivity index (χ1n) is 4.13. The summed E-state index contributed by atoms with van der Waals surface area (Å²) in [6.45, 7) is 0.718. The number of hydrogen-bond donors (Lipinski definition) is 1. The van der Waals surface area contributed by atoms with Crippen LogP contribution in [0, 0.1) is 10.1 Å². The van der Waals surface area contributed by atoms with Crippen LogP contribution in [-0.4, -0.2) is 24.9 Å². The molecule has 0 saturated carbocycles. The average Bonchev–Trinajstić information content (AvgIpc) is 2.14. The highest BCUT2D eigenvalue weighted by Gasteiger charge is 2.25. The minimum absolute atomic E-state index is 0.298. The van der Waals surface area contributed by atoms with Gasteiger partial charge in [0.1, 0.15) is 0 Å². The normalized spacial score (nSPS) is 15.2. The number of nitrogens with zero attached hydrogens (tertiary/aromatic N) is 1. The van der Waals surface area contributed by atoms with Gasteiger partial charge in [-0.2, -0.15) is 12.4 Å². The molecule has 10 heteroatoms. The molecule has 1 aromatic carbocycles. The number of non-ortho nitro benzene ring substituents is 1. The lowest BCUT2D eigenvalue weighted by atomic mass is 10.3. The molecule has 0 radical (unpaired) electrons. The van der Waals surface area contributed by atoms with Crippen LogP contribution < -0.4 is 0 Å². The molecule has 94 valence electrons. The Morgan fingerprint density at radius 3 is 2.18 bits per heavy atom. The largest absolute Gasteiger partial charge is 0.339 e. The van der Waals surface area contributed by atoms with Crippen LogP contribution >= 0.6 is 7.60 Å². The van der Waals surface area contributed by atoms with E-state index in [4.69, 9.17) is 4.89 Å². The fourth-order valence-corrected chi connectivity index (χ4v) is 3.23. The van der Waals surface area contributed by atoms with E-state index < -0.39 is 27.5 Å². The molecule has 17 heavy (non-hydrogen) atoms. The molecule has 0 aliphatic carbocycles. The van der Waals surface area contributed by atoms with Gasteiger partial charge in [0.25, 0.3) is 5.69 Å². The fraction of sp³-hybridized carbons (Fsp3) is 0.143. The molecule has 1 N–H and O–H groups in total. The SMILES string of the molecule is CP(=O)(O)OS(=O)(=O)c1ccc([N+](=O)[O-])cc1. The van der Waals surface area contributed by atoms with Crippen molar-refractivity contribution in [3.63, 3.8) is 0 Å². The predicted molar refractivity (Wildman–Crippen MR) is 57.1 cm³/mol. The van der Waals surface area contributed by atoms with Crippen LogP contribution in [0.25, 0.3) is 0 Å². The summed E-state index contributed by atoms with van der Waals surface area (Å²) in [5, 5.41) is 10.3. The van der Waals surface area contributed by atoms with Crippen LogP contribution in [0.4, 0.5) is 5.69 Å². The van der Waals surface area contributed by atoms with Crippen molar-refractivity contribution in [2.24, 2.45) is 0 Å². The molecule has 0 bridgehead atoms. The second-order valence-electron chi connectivity index (χ2n) is 3.08. The lowest BCUT2D eigenvalue weighted by molar-refractivity contribution is -0.384. The van der Waals surface area contributed by atoms with Gasteiger partial charge in [0.2, 0.25) is 0 Å². The van der Waals surface area contributed by atoms with E-state index in [0.717, 1.165) is 30.9 Å². The van der Waals surface area contributed by atoms with Crippen molar-refractivity contribution in [3.8, 4) is 0 Å². The van der Waals surface area contributed by atoms with E-state index in [2.05, 4.69) is 3.97 Å². The molecule has 0 amide bonds. The standard InChI is InChI=1S/C7H8NO7PS/c1-16(11,12)15-17(13,14)7-4-2-6(3-5-7)8(9)10/h2-5H,1H3,(H,11,12). The summed E-state index contributed by atoms with van der Waals surface area (Å²) in [6.07, 6.45) is 0. The van der Waals surface area contributed by atoms with Crippen molar-refractivity contribution >= 4 is 23.4 Å². The average molecular weight is 281 g/mol.